The monoisotopic (exact) mass is 550 g/mol. The van der Waals surface area contributed by atoms with Crippen LogP contribution in [0.4, 0.5) is 0 Å². The van der Waals surface area contributed by atoms with Gasteiger partial charge in [-0.1, -0.05) is 37.6 Å². The smallest absolute Gasteiger partial charge is 0.271 e. The summed E-state index contributed by atoms with van der Waals surface area (Å²) >= 11 is 6.11. The number of aromatic nitrogens is 1. The minimum atomic E-state index is -1.08. The van der Waals surface area contributed by atoms with Gasteiger partial charge in [0.2, 0.25) is 5.91 Å². The number of benzene rings is 2. The van der Waals surface area contributed by atoms with E-state index in [4.69, 9.17) is 16.3 Å². The molecule has 0 bridgehead atoms. The minimum Gasteiger partial charge on any atom is -0.497 e. The van der Waals surface area contributed by atoms with Crippen molar-refractivity contribution in [3.63, 3.8) is 0 Å². The molecule has 3 atom stereocenters. The number of halogens is 1. The Hall–Kier alpha value is -3.03. The van der Waals surface area contributed by atoms with E-state index in [9.17, 15) is 9.59 Å². The number of nitrogens with zero attached hydrogens (tertiary/aromatic N) is 3. The van der Waals surface area contributed by atoms with Crippen LogP contribution >= 0.6 is 11.6 Å². The molecule has 2 amide bonds. The highest BCUT2D eigenvalue weighted by Crippen LogP contribution is 2.35. The van der Waals surface area contributed by atoms with Gasteiger partial charge in [-0.25, -0.2) is 0 Å². The number of amides is 2. The van der Waals surface area contributed by atoms with Crippen LogP contribution in [0.1, 0.15) is 49.7 Å². The van der Waals surface area contributed by atoms with E-state index in [-0.39, 0.29) is 11.8 Å². The van der Waals surface area contributed by atoms with Crippen LogP contribution < -0.4 is 10.1 Å². The van der Waals surface area contributed by atoms with E-state index in [1.54, 1.807) is 12.0 Å². The molecule has 7 nitrogen and oxygen atoms in total. The predicted molar refractivity (Wildman–Crippen MR) is 155 cm³/mol. The second-order valence-electron chi connectivity index (χ2n) is 11.6. The summed E-state index contributed by atoms with van der Waals surface area (Å²) in [4.78, 5) is 32.1. The van der Waals surface area contributed by atoms with Gasteiger partial charge in [-0.2, -0.15) is 0 Å². The first-order valence-corrected chi connectivity index (χ1v) is 14.3. The summed E-state index contributed by atoms with van der Waals surface area (Å²) in [5.74, 6) is 1.83. The lowest BCUT2D eigenvalue weighted by Crippen LogP contribution is -2.63. The molecule has 8 heteroatoms. The fourth-order valence-corrected chi connectivity index (χ4v) is 6.47. The molecule has 1 saturated heterocycles. The summed E-state index contributed by atoms with van der Waals surface area (Å²) in [5.41, 5.74) is 1.31. The van der Waals surface area contributed by atoms with E-state index in [1.807, 2.05) is 60.0 Å². The minimum absolute atomic E-state index is 0.138. The summed E-state index contributed by atoms with van der Waals surface area (Å²) in [6.07, 6.45) is 2.16. The van der Waals surface area contributed by atoms with E-state index in [0.717, 1.165) is 42.5 Å². The van der Waals surface area contributed by atoms with Crippen LogP contribution in [0.2, 0.25) is 5.02 Å². The molecule has 208 valence electrons. The number of carbonyl (C=O) groups excluding carboxylic acids is 2. The highest BCUT2D eigenvalue weighted by molar-refractivity contribution is 6.30. The summed E-state index contributed by atoms with van der Waals surface area (Å²) < 4.78 is 7.41. The van der Waals surface area contributed by atoms with Gasteiger partial charge in [-0.05, 0) is 74.0 Å². The first-order chi connectivity index (χ1) is 18.7. The lowest BCUT2D eigenvalue weighted by atomic mass is 9.92. The number of nitrogens with one attached hydrogen (secondary N) is 1. The molecule has 1 aromatic heterocycles. The van der Waals surface area contributed by atoms with Gasteiger partial charge in [0.1, 0.15) is 17.0 Å². The zero-order valence-electron chi connectivity index (χ0n) is 23.4. The molecule has 2 aliphatic rings. The second kappa shape index (κ2) is 11.2. The van der Waals surface area contributed by atoms with Crippen LogP contribution in [-0.4, -0.2) is 65.0 Å². The van der Waals surface area contributed by atoms with Crippen LogP contribution in [0, 0.1) is 11.8 Å². The van der Waals surface area contributed by atoms with Crippen LogP contribution in [-0.2, 0) is 17.9 Å². The average molecular weight is 551 g/mol. The van der Waals surface area contributed by atoms with Gasteiger partial charge in [0.25, 0.3) is 5.91 Å². The number of hydrogen-bond acceptors (Lipinski definition) is 4. The third-order valence-corrected chi connectivity index (χ3v) is 8.51. The summed E-state index contributed by atoms with van der Waals surface area (Å²) in [7, 11) is 1.63. The maximum absolute atomic E-state index is 14.0. The Morgan fingerprint density at radius 2 is 1.82 bits per heavy atom. The number of carbonyl (C=O) groups is 2. The van der Waals surface area contributed by atoms with Gasteiger partial charge in [-0.3, -0.25) is 9.59 Å². The summed E-state index contributed by atoms with van der Waals surface area (Å²) in [6.45, 7) is 10.9. The van der Waals surface area contributed by atoms with Crippen LogP contribution in [0.3, 0.4) is 0 Å². The average Bonchev–Trinajstić information content (AvgIpc) is 3.27. The van der Waals surface area contributed by atoms with Gasteiger partial charge in [-0.15, -0.1) is 0 Å². The molecule has 1 fully saturated rings. The predicted octanol–water partition coefficient (Wildman–Crippen LogP) is 5.20. The van der Waals surface area contributed by atoms with Crippen LogP contribution in [0.15, 0.2) is 48.5 Å². The Balaban J connectivity index is 1.38. The summed E-state index contributed by atoms with van der Waals surface area (Å²) in [5, 5.41) is 4.75. The van der Waals surface area contributed by atoms with Crippen LogP contribution in [0.5, 0.6) is 5.75 Å². The van der Waals surface area contributed by atoms with Crippen molar-refractivity contribution in [2.24, 2.45) is 11.8 Å². The normalized spacial score (nSPS) is 23.6. The lowest BCUT2D eigenvalue weighted by molar-refractivity contribution is -0.133. The van der Waals surface area contributed by atoms with E-state index in [2.05, 4.69) is 24.1 Å². The number of ether oxygens (including phenoxy) is 1. The Morgan fingerprint density at radius 3 is 2.51 bits per heavy atom. The van der Waals surface area contributed by atoms with Gasteiger partial charge < -0.3 is 24.4 Å². The van der Waals surface area contributed by atoms with Gasteiger partial charge >= 0.3 is 0 Å². The van der Waals surface area contributed by atoms with Crippen molar-refractivity contribution >= 4 is 34.3 Å². The molecule has 5 rings (SSSR count). The van der Waals surface area contributed by atoms with Crippen molar-refractivity contribution in [1.29, 1.82) is 0 Å². The summed E-state index contributed by atoms with van der Waals surface area (Å²) in [6, 6.07) is 15.1. The molecule has 2 aliphatic heterocycles. The molecule has 2 aromatic carbocycles. The highest BCUT2D eigenvalue weighted by Gasteiger charge is 2.47. The Kier molecular flexibility index (Phi) is 7.92. The number of rotatable bonds is 8. The first-order valence-electron chi connectivity index (χ1n) is 13.9. The molecular formula is C31H39ClN4O3. The van der Waals surface area contributed by atoms with Crippen LogP contribution in [0.25, 0.3) is 10.9 Å². The fraction of sp³-hybridized carbons (Fsp3) is 0.484. The maximum Gasteiger partial charge on any atom is 0.271 e. The number of hydrogen-bond donors (Lipinski definition) is 1. The fourth-order valence-electron chi connectivity index (χ4n) is 6.35. The Morgan fingerprint density at radius 1 is 1.10 bits per heavy atom. The van der Waals surface area contributed by atoms with E-state index >= 15 is 0 Å². The van der Waals surface area contributed by atoms with E-state index in [1.165, 1.54) is 6.42 Å². The number of piperidine rings is 1. The molecule has 0 aliphatic carbocycles. The van der Waals surface area contributed by atoms with Crippen molar-refractivity contribution in [2.75, 3.05) is 33.3 Å². The van der Waals surface area contributed by atoms with Crippen molar-refractivity contribution in [1.82, 2.24) is 19.7 Å². The molecule has 0 spiro atoms. The highest BCUT2D eigenvalue weighted by atomic mass is 35.5. The second-order valence-corrected chi connectivity index (χ2v) is 12.1. The molecule has 3 unspecified atom stereocenters. The molecule has 3 aromatic rings. The first kappa shape index (κ1) is 27.5. The molecular weight excluding hydrogens is 512 g/mol. The SMILES string of the molecule is COc1ccc2cc3n(c2c1)CC(C)(C(=O)NCCCN1CC(C)CC(C)C1)N(Cc1ccc(Cl)cc1)C3=O. The number of methoxy groups -OCH3 is 1. The number of fused-ring (bicyclic) bond motifs is 3. The third-order valence-electron chi connectivity index (χ3n) is 8.26. The quantitative estimate of drug-likeness (QED) is 0.391. The molecule has 0 saturated carbocycles. The Labute approximate surface area is 236 Å². The van der Waals surface area contributed by atoms with Gasteiger partial charge in [0, 0.05) is 42.7 Å². The topological polar surface area (TPSA) is 66.8 Å². The molecule has 1 N–H and O–H groups in total. The largest absolute Gasteiger partial charge is 0.497 e. The van der Waals surface area contributed by atoms with Crippen molar-refractivity contribution < 1.29 is 14.3 Å². The van der Waals surface area contributed by atoms with Gasteiger partial charge in [0.05, 0.1) is 19.2 Å². The van der Waals surface area contributed by atoms with Crippen molar-refractivity contribution in [3.8, 4) is 5.75 Å². The van der Waals surface area contributed by atoms with E-state index < -0.39 is 5.54 Å². The standard InChI is InChI=1S/C31H39ClN4O3/c1-21-14-22(2)18-34(17-21)13-5-12-33-30(38)31(3)20-35-27-16-26(39-4)11-8-24(27)15-28(35)29(37)36(31)19-23-6-9-25(32)10-7-23/h6-11,15-16,21-22H,5,12-14,17-20H2,1-4H3,(H,33,38). The number of likely N-dealkylation sites (tertiary alicyclic amines) is 1. The Bertz CT molecular complexity index is 1340. The third kappa shape index (κ3) is 5.66. The van der Waals surface area contributed by atoms with Crippen molar-refractivity contribution in [2.45, 2.75) is 52.2 Å². The molecule has 39 heavy (non-hydrogen) atoms. The zero-order chi connectivity index (χ0) is 27.7. The van der Waals surface area contributed by atoms with E-state index in [0.29, 0.717) is 47.9 Å². The molecule has 3 heterocycles. The van der Waals surface area contributed by atoms with Crippen molar-refractivity contribution in [3.05, 3.63) is 64.8 Å². The lowest BCUT2D eigenvalue weighted by Gasteiger charge is -2.44. The molecule has 0 radical (unpaired) electrons. The zero-order valence-corrected chi connectivity index (χ0v) is 24.1. The maximum atomic E-state index is 14.0. The van der Waals surface area contributed by atoms with Gasteiger partial charge in [0.15, 0.2) is 0 Å².